The fourth-order valence-corrected chi connectivity index (χ4v) is 2.59. The molecule has 21 heavy (non-hydrogen) atoms. The maximum Gasteiger partial charge on any atom is 0.305 e. The number of halogens is 1. The van der Waals surface area contributed by atoms with Crippen molar-refractivity contribution in [1.82, 2.24) is 4.90 Å². The third-order valence-corrected chi connectivity index (χ3v) is 4.02. The first-order valence-corrected chi connectivity index (χ1v) is 7.03. The van der Waals surface area contributed by atoms with Gasteiger partial charge in [0.05, 0.1) is 4.92 Å². The van der Waals surface area contributed by atoms with Crippen LogP contribution in [0.2, 0.25) is 0 Å². The quantitative estimate of drug-likeness (QED) is 0.620. The Balaban J connectivity index is 2.20. The van der Waals surface area contributed by atoms with Gasteiger partial charge >= 0.3 is 5.69 Å². The summed E-state index contributed by atoms with van der Waals surface area (Å²) in [6.07, 6.45) is 2.84. The molecule has 0 saturated carbocycles. The monoisotopic (exact) mass is 294 g/mol. The fourth-order valence-electron chi connectivity index (χ4n) is 2.59. The van der Waals surface area contributed by atoms with E-state index in [0.717, 1.165) is 31.4 Å². The lowest BCUT2D eigenvalue weighted by atomic mass is 9.85. The molecule has 1 amide bonds. The third-order valence-electron chi connectivity index (χ3n) is 4.02. The summed E-state index contributed by atoms with van der Waals surface area (Å²) in [7, 11) is 0. The highest BCUT2D eigenvalue weighted by Crippen LogP contribution is 2.30. The normalized spacial score (nSPS) is 18.1. The van der Waals surface area contributed by atoms with Gasteiger partial charge in [0.15, 0.2) is 0 Å². The van der Waals surface area contributed by atoms with Gasteiger partial charge in [0.1, 0.15) is 0 Å². The van der Waals surface area contributed by atoms with Crippen molar-refractivity contribution >= 4 is 11.6 Å². The Morgan fingerprint density at radius 3 is 2.71 bits per heavy atom. The van der Waals surface area contributed by atoms with Crippen LogP contribution in [-0.2, 0) is 0 Å². The summed E-state index contributed by atoms with van der Waals surface area (Å²) in [5.74, 6) is -1.19. The fraction of sp³-hybridized carbons (Fsp3) is 0.533. The van der Waals surface area contributed by atoms with Gasteiger partial charge < -0.3 is 4.90 Å². The largest absolute Gasteiger partial charge is 0.339 e. The number of benzene rings is 1. The summed E-state index contributed by atoms with van der Waals surface area (Å²) in [6.45, 7) is 5.60. The minimum Gasteiger partial charge on any atom is -0.339 e. The summed E-state index contributed by atoms with van der Waals surface area (Å²) < 4.78 is 13.3. The Bertz CT molecular complexity index is 572. The lowest BCUT2D eigenvalue weighted by Crippen LogP contribution is -2.32. The van der Waals surface area contributed by atoms with Crippen molar-refractivity contribution in [3.63, 3.8) is 0 Å². The molecule has 1 aliphatic heterocycles. The number of nitrogens with zero attached hydrogens (tertiary/aromatic N) is 2. The summed E-state index contributed by atoms with van der Waals surface area (Å²) >= 11 is 0. The van der Waals surface area contributed by atoms with E-state index in [9.17, 15) is 19.3 Å². The first-order chi connectivity index (χ1) is 9.80. The minimum absolute atomic E-state index is 0.169. The predicted octanol–water partition coefficient (Wildman–Crippen LogP) is 3.39. The van der Waals surface area contributed by atoms with Crippen molar-refractivity contribution in [2.24, 2.45) is 5.41 Å². The smallest absolute Gasteiger partial charge is 0.305 e. The molecule has 0 aromatic heterocycles. The van der Waals surface area contributed by atoms with Crippen LogP contribution in [0.25, 0.3) is 0 Å². The topological polar surface area (TPSA) is 63.5 Å². The molecular weight excluding hydrogens is 275 g/mol. The maximum absolute atomic E-state index is 13.3. The number of rotatable bonds is 2. The molecule has 0 aliphatic carbocycles. The van der Waals surface area contributed by atoms with Crippen LogP contribution in [0.4, 0.5) is 10.1 Å². The van der Waals surface area contributed by atoms with Gasteiger partial charge in [-0.15, -0.1) is 0 Å². The van der Waals surface area contributed by atoms with Crippen molar-refractivity contribution in [3.05, 3.63) is 39.7 Å². The van der Waals surface area contributed by atoms with Gasteiger partial charge in [-0.3, -0.25) is 14.9 Å². The molecule has 0 radical (unpaired) electrons. The molecule has 1 aromatic rings. The molecule has 1 fully saturated rings. The number of hydrogen-bond acceptors (Lipinski definition) is 3. The van der Waals surface area contributed by atoms with E-state index in [1.165, 1.54) is 6.07 Å². The molecule has 1 heterocycles. The Hall–Kier alpha value is -1.98. The molecule has 0 N–H and O–H groups in total. The standard InChI is InChI=1S/C15H19FN2O3/c1-15(2)6-3-8-17(9-7-15)14(19)11-4-5-12(16)13(10-11)18(20)21/h4-5,10H,3,6-9H2,1-2H3. The summed E-state index contributed by atoms with van der Waals surface area (Å²) in [5, 5.41) is 10.8. The average Bonchev–Trinajstić information content (AvgIpc) is 2.59. The Morgan fingerprint density at radius 1 is 1.33 bits per heavy atom. The molecule has 1 aromatic carbocycles. The maximum atomic E-state index is 13.3. The number of likely N-dealkylation sites (tertiary alicyclic amines) is 1. The highest BCUT2D eigenvalue weighted by molar-refractivity contribution is 5.94. The second-order valence-corrected chi connectivity index (χ2v) is 6.23. The molecule has 6 heteroatoms. The molecule has 1 saturated heterocycles. The van der Waals surface area contributed by atoms with Crippen molar-refractivity contribution in [2.45, 2.75) is 33.1 Å². The zero-order valence-electron chi connectivity index (χ0n) is 12.3. The lowest BCUT2D eigenvalue weighted by Gasteiger charge is -2.23. The van der Waals surface area contributed by atoms with E-state index >= 15 is 0 Å². The number of amides is 1. The van der Waals surface area contributed by atoms with Gasteiger partial charge in [-0.05, 0) is 36.8 Å². The molecule has 1 aliphatic rings. The molecule has 2 rings (SSSR count). The van der Waals surface area contributed by atoms with Gasteiger partial charge in [0.2, 0.25) is 5.82 Å². The van der Waals surface area contributed by atoms with E-state index in [4.69, 9.17) is 0 Å². The van der Waals surface area contributed by atoms with Gasteiger partial charge in [0, 0.05) is 24.7 Å². The van der Waals surface area contributed by atoms with Crippen molar-refractivity contribution < 1.29 is 14.1 Å². The predicted molar refractivity (Wildman–Crippen MR) is 76.6 cm³/mol. The van der Waals surface area contributed by atoms with E-state index in [1.807, 2.05) is 0 Å². The van der Waals surface area contributed by atoms with Crippen molar-refractivity contribution in [1.29, 1.82) is 0 Å². The van der Waals surface area contributed by atoms with Crippen LogP contribution >= 0.6 is 0 Å². The summed E-state index contributed by atoms with van der Waals surface area (Å²) in [4.78, 5) is 24.1. The van der Waals surface area contributed by atoms with Crippen LogP contribution in [0.5, 0.6) is 0 Å². The van der Waals surface area contributed by atoms with Crippen molar-refractivity contribution in [3.8, 4) is 0 Å². The van der Waals surface area contributed by atoms with Crippen LogP contribution < -0.4 is 0 Å². The number of nitro benzene ring substituents is 1. The zero-order valence-corrected chi connectivity index (χ0v) is 12.3. The van der Waals surface area contributed by atoms with Gasteiger partial charge in [0.25, 0.3) is 5.91 Å². The van der Waals surface area contributed by atoms with Crippen LogP contribution in [-0.4, -0.2) is 28.8 Å². The molecule has 0 spiro atoms. The third kappa shape index (κ3) is 3.56. The first-order valence-electron chi connectivity index (χ1n) is 7.03. The second kappa shape index (κ2) is 5.79. The molecular formula is C15H19FN2O3. The molecule has 0 atom stereocenters. The van der Waals surface area contributed by atoms with Crippen molar-refractivity contribution in [2.75, 3.05) is 13.1 Å². The van der Waals surface area contributed by atoms with Gasteiger partial charge in [-0.1, -0.05) is 13.8 Å². The van der Waals surface area contributed by atoms with Crippen LogP contribution in [0.3, 0.4) is 0 Å². The number of carbonyl (C=O) groups is 1. The highest BCUT2D eigenvalue weighted by Gasteiger charge is 2.27. The highest BCUT2D eigenvalue weighted by atomic mass is 19.1. The Morgan fingerprint density at radius 2 is 2.05 bits per heavy atom. The van der Waals surface area contributed by atoms with E-state index in [-0.39, 0.29) is 16.9 Å². The Kier molecular flexibility index (Phi) is 4.25. The molecule has 0 bridgehead atoms. The summed E-state index contributed by atoms with van der Waals surface area (Å²) in [5.41, 5.74) is -0.289. The number of nitro groups is 1. The second-order valence-electron chi connectivity index (χ2n) is 6.23. The average molecular weight is 294 g/mol. The van der Waals surface area contributed by atoms with Crippen LogP contribution in [0, 0.1) is 21.3 Å². The van der Waals surface area contributed by atoms with Gasteiger partial charge in [-0.2, -0.15) is 4.39 Å². The van der Waals surface area contributed by atoms with Crippen LogP contribution in [0.1, 0.15) is 43.5 Å². The van der Waals surface area contributed by atoms with Crippen LogP contribution in [0.15, 0.2) is 18.2 Å². The molecule has 114 valence electrons. The number of hydrogen-bond donors (Lipinski definition) is 0. The van der Waals surface area contributed by atoms with E-state index in [1.54, 1.807) is 4.90 Å². The molecule has 5 nitrogen and oxygen atoms in total. The zero-order chi connectivity index (χ0) is 15.6. The van der Waals surface area contributed by atoms with E-state index < -0.39 is 16.4 Å². The van der Waals surface area contributed by atoms with Gasteiger partial charge in [-0.25, -0.2) is 0 Å². The first kappa shape index (κ1) is 15.4. The summed E-state index contributed by atoms with van der Waals surface area (Å²) in [6, 6.07) is 3.31. The van der Waals surface area contributed by atoms with E-state index in [0.29, 0.717) is 13.1 Å². The Labute approximate surface area is 122 Å². The SMILES string of the molecule is CC1(C)CCCN(C(=O)c2ccc(F)c([N+](=O)[O-])c2)CC1. The number of carbonyl (C=O) groups excluding carboxylic acids is 1. The lowest BCUT2D eigenvalue weighted by molar-refractivity contribution is -0.387. The van der Waals surface area contributed by atoms with E-state index in [2.05, 4.69) is 13.8 Å². The molecule has 0 unspecified atom stereocenters. The minimum atomic E-state index is -0.923.